The van der Waals surface area contributed by atoms with Crippen LogP contribution in [0.25, 0.3) is 22.4 Å². The number of benzene rings is 2. The lowest BCUT2D eigenvalue weighted by Gasteiger charge is -2.28. The second-order valence-corrected chi connectivity index (χ2v) is 14.9. The Hall–Kier alpha value is -4.42. The summed E-state index contributed by atoms with van der Waals surface area (Å²) in [7, 11) is 0. The maximum Gasteiger partial charge on any atom is 0.411 e. The molecule has 2 fully saturated rings. The van der Waals surface area contributed by atoms with Gasteiger partial charge in [0.1, 0.15) is 22.9 Å². The number of aliphatic imine (C=N–C) groups is 1. The van der Waals surface area contributed by atoms with Gasteiger partial charge >= 0.3 is 12.2 Å². The van der Waals surface area contributed by atoms with Gasteiger partial charge in [-0.2, -0.15) is 0 Å². The lowest BCUT2D eigenvalue weighted by Crippen LogP contribution is -2.46. The number of carbonyl (C=O) groups is 2. The molecule has 12 nitrogen and oxygen atoms in total. The molecule has 0 bridgehead atoms. The van der Waals surface area contributed by atoms with Gasteiger partial charge in [0.15, 0.2) is 0 Å². The highest BCUT2D eigenvalue weighted by molar-refractivity contribution is 5.92. The first-order valence-electron chi connectivity index (χ1n) is 16.6. The number of amidine groups is 1. The molecule has 1 aromatic heterocycles. The Balaban J connectivity index is 1.08. The van der Waals surface area contributed by atoms with E-state index in [1.807, 2.05) is 53.7 Å². The van der Waals surface area contributed by atoms with Crippen molar-refractivity contribution in [2.75, 3.05) is 19.6 Å². The van der Waals surface area contributed by atoms with Gasteiger partial charge in [0, 0.05) is 12.8 Å². The number of likely N-dealkylation sites (tertiary alicyclic amines) is 2. The molecule has 4 N–H and O–H groups in total. The van der Waals surface area contributed by atoms with Crippen LogP contribution in [0.5, 0.6) is 0 Å². The van der Waals surface area contributed by atoms with E-state index in [0.717, 1.165) is 27.9 Å². The number of nitrogens with zero attached hydrogens (tertiary/aromatic N) is 4. The summed E-state index contributed by atoms with van der Waals surface area (Å²) in [6.45, 7) is 11.9. The maximum atomic E-state index is 12.8. The number of nitrogens with one attached hydrogen (secondary N) is 2. The number of imidazole rings is 1. The molecule has 3 aromatic rings. The van der Waals surface area contributed by atoms with Crippen molar-refractivity contribution in [3.05, 3.63) is 66.1 Å². The molecule has 4 heterocycles. The van der Waals surface area contributed by atoms with E-state index in [4.69, 9.17) is 14.5 Å². The van der Waals surface area contributed by atoms with Crippen LogP contribution in [-0.4, -0.2) is 97.1 Å². The molecule has 2 aromatic carbocycles. The van der Waals surface area contributed by atoms with E-state index in [-0.39, 0.29) is 25.2 Å². The highest BCUT2D eigenvalue weighted by Gasteiger charge is 2.42. The van der Waals surface area contributed by atoms with Gasteiger partial charge in [-0.15, -0.1) is 0 Å². The van der Waals surface area contributed by atoms with E-state index >= 15 is 0 Å². The summed E-state index contributed by atoms with van der Waals surface area (Å²) in [6.07, 6.45) is 0.381. The van der Waals surface area contributed by atoms with Gasteiger partial charge < -0.3 is 30.0 Å². The van der Waals surface area contributed by atoms with Crippen LogP contribution in [0.4, 0.5) is 9.59 Å². The van der Waals surface area contributed by atoms with Crippen LogP contribution >= 0.6 is 0 Å². The third-order valence-electron chi connectivity index (χ3n) is 8.65. The molecule has 256 valence electrons. The molecule has 48 heavy (non-hydrogen) atoms. The lowest BCUT2D eigenvalue weighted by molar-refractivity contribution is 0.0199. The second-order valence-electron chi connectivity index (χ2n) is 14.9. The van der Waals surface area contributed by atoms with Crippen molar-refractivity contribution in [2.45, 2.75) is 95.9 Å². The third-order valence-corrected chi connectivity index (χ3v) is 8.65. The first-order valence-corrected chi connectivity index (χ1v) is 16.6. The molecule has 3 aliphatic rings. The van der Waals surface area contributed by atoms with E-state index in [1.54, 1.807) is 11.1 Å². The fraction of sp³-hybridized carbons (Fsp3) is 0.500. The number of aliphatic hydroxyl groups excluding tert-OH is 2. The molecule has 5 atom stereocenters. The van der Waals surface area contributed by atoms with Gasteiger partial charge in [0.05, 0.1) is 61.9 Å². The average Bonchev–Trinajstić information content (AvgIpc) is 3.81. The third kappa shape index (κ3) is 7.50. The van der Waals surface area contributed by atoms with Crippen molar-refractivity contribution in [1.82, 2.24) is 25.1 Å². The van der Waals surface area contributed by atoms with Crippen LogP contribution in [0.3, 0.4) is 0 Å². The highest BCUT2D eigenvalue weighted by Crippen LogP contribution is 2.34. The Bertz CT molecular complexity index is 1660. The number of rotatable bonds is 5. The number of carbonyl (C=O) groups excluding carboxylic acids is 2. The Kier molecular flexibility index (Phi) is 8.99. The molecule has 0 spiro atoms. The molecule has 0 radical (unpaired) electrons. The summed E-state index contributed by atoms with van der Waals surface area (Å²) in [5.41, 5.74) is 3.72. The predicted octanol–water partition coefficient (Wildman–Crippen LogP) is 5.20. The van der Waals surface area contributed by atoms with Gasteiger partial charge in [-0.05, 0) is 63.8 Å². The highest BCUT2D eigenvalue weighted by atomic mass is 16.6. The number of aromatic amines is 1. The van der Waals surface area contributed by atoms with E-state index < -0.39 is 41.6 Å². The zero-order valence-corrected chi connectivity index (χ0v) is 28.4. The molecular weight excluding hydrogens is 612 g/mol. The topological polar surface area (TPSA) is 153 Å². The minimum absolute atomic E-state index is 0.0311. The van der Waals surface area contributed by atoms with Crippen molar-refractivity contribution >= 4 is 18.0 Å². The Morgan fingerprint density at radius 1 is 0.771 bits per heavy atom. The summed E-state index contributed by atoms with van der Waals surface area (Å²) in [5, 5.41) is 24.1. The van der Waals surface area contributed by atoms with Gasteiger partial charge in [-0.25, -0.2) is 14.6 Å². The summed E-state index contributed by atoms with van der Waals surface area (Å²) < 4.78 is 11.1. The molecule has 12 heteroatoms. The normalized spacial score (nSPS) is 24.4. The second kappa shape index (κ2) is 12.9. The zero-order valence-electron chi connectivity index (χ0n) is 28.4. The van der Waals surface area contributed by atoms with Gasteiger partial charge in [0.2, 0.25) is 0 Å². The Labute approximate surface area is 281 Å². The fourth-order valence-corrected chi connectivity index (χ4v) is 6.44. The number of aromatic nitrogens is 2. The van der Waals surface area contributed by atoms with E-state index in [1.165, 1.54) is 4.90 Å². The SMILES string of the molecule is CC(C)(C)OC(=O)N1C[C@H](O)C[C@H]1C1=NCC(c2ccc(-c3ccc(-c4cnc([C@@H]5C[C@@H](O)CN5C(=O)OC(C)(C)C)[nH]4)cc3)cc2)N1. The molecule has 2 amide bonds. The minimum atomic E-state index is -0.642. The molecule has 2 saturated heterocycles. The number of hydrogen-bond acceptors (Lipinski definition) is 9. The van der Waals surface area contributed by atoms with Gasteiger partial charge in [-0.1, -0.05) is 48.5 Å². The van der Waals surface area contributed by atoms with Gasteiger partial charge in [-0.3, -0.25) is 14.8 Å². The number of H-pyrrole nitrogens is 1. The van der Waals surface area contributed by atoms with Crippen molar-refractivity contribution in [3.8, 4) is 22.4 Å². The zero-order chi connectivity index (χ0) is 34.4. The summed E-state index contributed by atoms with van der Waals surface area (Å²) in [4.78, 5) is 41.3. The quantitative estimate of drug-likeness (QED) is 0.292. The molecule has 3 aliphatic heterocycles. The number of hydrogen-bond donors (Lipinski definition) is 4. The van der Waals surface area contributed by atoms with Crippen molar-refractivity contribution in [1.29, 1.82) is 0 Å². The van der Waals surface area contributed by atoms with E-state index in [9.17, 15) is 19.8 Å². The Morgan fingerprint density at radius 2 is 1.27 bits per heavy atom. The van der Waals surface area contributed by atoms with Gasteiger partial charge in [0.25, 0.3) is 0 Å². The van der Waals surface area contributed by atoms with Crippen LogP contribution in [0, 0.1) is 0 Å². The number of aliphatic hydroxyl groups is 2. The van der Waals surface area contributed by atoms with Crippen molar-refractivity contribution in [2.24, 2.45) is 4.99 Å². The number of β-amino-alcohol motifs (C(OH)–C–C–N with tert-alkyl or cyclic N) is 2. The Morgan fingerprint density at radius 3 is 1.83 bits per heavy atom. The first-order chi connectivity index (χ1) is 22.6. The van der Waals surface area contributed by atoms with Crippen LogP contribution in [0.15, 0.2) is 59.7 Å². The monoisotopic (exact) mass is 658 g/mol. The van der Waals surface area contributed by atoms with E-state index in [2.05, 4.69) is 51.7 Å². The predicted molar refractivity (Wildman–Crippen MR) is 181 cm³/mol. The molecule has 1 unspecified atom stereocenters. The van der Waals surface area contributed by atoms with E-state index in [0.29, 0.717) is 31.0 Å². The van der Waals surface area contributed by atoms with Crippen molar-refractivity contribution in [3.63, 3.8) is 0 Å². The first kappa shape index (κ1) is 33.5. The standard InChI is InChI=1S/C36H46N6O6/c1-35(2,3)47-33(45)41-19-25(43)15-29(41)31-37-17-27(39-31)23-11-7-21(8-12-23)22-9-13-24(14-10-22)28-18-38-32(40-28)30-16-26(44)20-42(30)34(46)48-36(4,5)6/h7-14,17,25-26,28-30,43-44H,15-16,18-20H2,1-6H3,(H,37,39)(H,38,40)/t25-,26-,28?,29+,30+/m1/s1. The molecule has 0 saturated carbocycles. The summed E-state index contributed by atoms with van der Waals surface area (Å²) in [6, 6.07) is 15.7. The van der Waals surface area contributed by atoms with Crippen LogP contribution < -0.4 is 5.32 Å². The van der Waals surface area contributed by atoms with Crippen LogP contribution in [-0.2, 0) is 9.47 Å². The molecule has 6 rings (SSSR count). The summed E-state index contributed by atoms with van der Waals surface area (Å²) in [5.74, 6) is 1.31. The number of amides is 2. The smallest absolute Gasteiger partial charge is 0.411 e. The molecular formula is C36H46N6O6. The fourth-order valence-electron chi connectivity index (χ4n) is 6.44. The maximum absolute atomic E-state index is 12.8. The van der Waals surface area contributed by atoms with Crippen molar-refractivity contribution < 1.29 is 29.3 Å². The lowest BCUT2D eigenvalue weighted by atomic mass is 9.99. The number of ether oxygens (including phenoxy) is 2. The average molecular weight is 659 g/mol. The minimum Gasteiger partial charge on any atom is -0.444 e. The van der Waals surface area contributed by atoms with Crippen LogP contribution in [0.2, 0.25) is 0 Å². The largest absolute Gasteiger partial charge is 0.444 e. The van der Waals surface area contributed by atoms with Crippen LogP contribution in [0.1, 0.15) is 77.9 Å². The molecule has 0 aliphatic carbocycles. The summed E-state index contributed by atoms with van der Waals surface area (Å²) >= 11 is 0.